The van der Waals surface area contributed by atoms with Crippen LogP contribution in [0.15, 0.2) is 30.7 Å². The first-order valence-corrected chi connectivity index (χ1v) is 5.00. The van der Waals surface area contributed by atoms with Gasteiger partial charge in [-0.15, -0.1) is 0 Å². The van der Waals surface area contributed by atoms with E-state index in [9.17, 15) is 4.79 Å². The van der Waals surface area contributed by atoms with Crippen molar-refractivity contribution in [2.75, 3.05) is 5.32 Å². The molecule has 0 aliphatic carbocycles. The monoisotopic (exact) mass is 216 g/mol. The molecule has 1 aliphatic heterocycles. The van der Waals surface area contributed by atoms with E-state index < -0.39 is 0 Å². The second kappa shape index (κ2) is 4.18. The lowest BCUT2D eigenvalue weighted by atomic mass is 10.0. The maximum absolute atomic E-state index is 11.1. The Hall–Kier alpha value is -2.10. The molecular formula is C12H12N2O2. The molecular weight excluding hydrogens is 204 g/mol. The lowest BCUT2D eigenvalue weighted by Crippen LogP contribution is -2.20. The molecule has 0 bridgehead atoms. The molecule has 1 aromatic rings. The fourth-order valence-corrected chi connectivity index (χ4v) is 1.56. The van der Waals surface area contributed by atoms with Crippen molar-refractivity contribution in [1.82, 2.24) is 4.98 Å². The first-order valence-electron chi connectivity index (χ1n) is 5.00. The number of rotatable bonds is 2. The highest BCUT2D eigenvalue weighted by Gasteiger charge is 2.15. The molecule has 82 valence electrons. The van der Waals surface area contributed by atoms with E-state index in [-0.39, 0.29) is 11.7 Å². The van der Waals surface area contributed by atoms with Gasteiger partial charge in [0.2, 0.25) is 5.91 Å². The van der Waals surface area contributed by atoms with Crippen LogP contribution in [-0.2, 0) is 11.2 Å². The van der Waals surface area contributed by atoms with Gasteiger partial charge in [0.05, 0.1) is 0 Å². The van der Waals surface area contributed by atoms with Gasteiger partial charge >= 0.3 is 0 Å². The predicted octanol–water partition coefficient (Wildman–Crippen LogP) is 2.05. The van der Waals surface area contributed by atoms with Crippen molar-refractivity contribution in [2.24, 2.45) is 0 Å². The number of carbonyl (C=O) groups excluding carboxylic acids is 1. The topological polar surface area (TPSA) is 62.2 Å². The Morgan fingerprint density at radius 2 is 2.38 bits per heavy atom. The molecule has 0 fully saturated rings. The molecule has 1 aliphatic rings. The Kier molecular flexibility index (Phi) is 2.72. The van der Waals surface area contributed by atoms with Crippen molar-refractivity contribution in [3.05, 3.63) is 41.8 Å². The molecule has 0 radical (unpaired) electrons. The maximum atomic E-state index is 11.1. The van der Waals surface area contributed by atoms with Crippen LogP contribution in [-0.4, -0.2) is 16.0 Å². The zero-order valence-corrected chi connectivity index (χ0v) is 8.73. The maximum Gasteiger partial charge on any atom is 0.225 e. The number of aliphatic hydroxyl groups is 1. The molecule has 0 saturated carbocycles. The Morgan fingerprint density at radius 1 is 1.56 bits per heavy atom. The van der Waals surface area contributed by atoms with Gasteiger partial charge in [-0.3, -0.25) is 4.79 Å². The molecule has 2 heterocycles. The number of allylic oxidation sites excluding steroid dienone is 1. The fourth-order valence-electron chi connectivity index (χ4n) is 1.56. The van der Waals surface area contributed by atoms with Crippen LogP contribution < -0.4 is 5.32 Å². The summed E-state index contributed by atoms with van der Waals surface area (Å²) >= 11 is 0. The van der Waals surface area contributed by atoms with Gasteiger partial charge in [0.1, 0.15) is 11.6 Å². The standard InChI is InChI=1S/C12H12N2O2/c1-8(15)2-3-9-6-10-4-5-11(16)14-12(10)13-7-9/h2-3,6-7,15H,1,4-5H2,(H,13,14,16)/b3-2+. The lowest BCUT2D eigenvalue weighted by Gasteiger charge is -2.15. The Labute approximate surface area is 93.3 Å². The molecule has 0 saturated heterocycles. The summed E-state index contributed by atoms with van der Waals surface area (Å²) < 4.78 is 0. The molecule has 1 aromatic heterocycles. The van der Waals surface area contributed by atoms with Crippen molar-refractivity contribution in [3.63, 3.8) is 0 Å². The summed E-state index contributed by atoms with van der Waals surface area (Å²) in [5, 5.41) is 11.6. The van der Waals surface area contributed by atoms with E-state index in [2.05, 4.69) is 16.9 Å². The average molecular weight is 216 g/mol. The summed E-state index contributed by atoms with van der Waals surface area (Å²) in [6, 6.07) is 1.95. The van der Waals surface area contributed by atoms with Gasteiger partial charge in [-0.25, -0.2) is 4.98 Å². The van der Waals surface area contributed by atoms with E-state index in [1.807, 2.05) is 6.07 Å². The number of fused-ring (bicyclic) bond motifs is 1. The minimum absolute atomic E-state index is 0.00558. The summed E-state index contributed by atoms with van der Waals surface area (Å²) in [5.41, 5.74) is 1.90. The SMILES string of the molecule is C=C(O)/C=C/c1cnc2c(c1)CCC(=O)N2. The molecule has 4 nitrogen and oxygen atoms in total. The molecule has 0 unspecified atom stereocenters. The van der Waals surface area contributed by atoms with Crippen LogP contribution in [0.3, 0.4) is 0 Å². The summed E-state index contributed by atoms with van der Waals surface area (Å²) in [4.78, 5) is 15.3. The Balaban J connectivity index is 2.26. The quantitative estimate of drug-likeness (QED) is 0.587. The van der Waals surface area contributed by atoms with Gasteiger partial charge in [-0.05, 0) is 35.8 Å². The van der Waals surface area contributed by atoms with Crippen LogP contribution in [0.25, 0.3) is 6.08 Å². The normalized spacial score (nSPS) is 14.6. The molecule has 2 rings (SSSR count). The minimum Gasteiger partial charge on any atom is -0.509 e. The highest BCUT2D eigenvalue weighted by Crippen LogP contribution is 2.21. The third kappa shape index (κ3) is 2.28. The number of aromatic nitrogens is 1. The average Bonchev–Trinajstić information content (AvgIpc) is 2.26. The van der Waals surface area contributed by atoms with E-state index >= 15 is 0 Å². The number of pyridine rings is 1. The second-order valence-corrected chi connectivity index (χ2v) is 3.65. The predicted molar refractivity (Wildman–Crippen MR) is 62.0 cm³/mol. The number of aliphatic hydroxyl groups excluding tert-OH is 1. The highest BCUT2D eigenvalue weighted by atomic mass is 16.3. The van der Waals surface area contributed by atoms with Crippen LogP contribution in [0.2, 0.25) is 0 Å². The van der Waals surface area contributed by atoms with E-state index in [1.165, 1.54) is 6.08 Å². The van der Waals surface area contributed by atoms with Crippen LogP contribution in [0.1, 0.15) is 17.5 Å². The fraction of sp³-hybridized carbons (Fsp3) is 0.167. The van der Waals surface area contributed by atoms with Crippen LogP contribution in [0, 0.1) is 0 Å². The molecule has 0 aromatic carbocycles. The molecule has 0 spiro atoms. The summed E-state index contributed by atoms with van der Waals surface area (Å²) in [7, 11) is 0. The van der Waals surface area contributed by atoms with Crippen LogP contribution in [0.4, 0.5) is 5.82 Å². The zero-order valence-electron chi connectivity index (χ0n) is 8.73. The number of nitrogens with zero attached hydrogens (tertiary/aromatic N) is 1. The van der Waals surface area contributed by atoms with Crippen molar-refractivity contribution in [3.8, 4) is 0 Å². The Morgan fingerprint density at radius 3 is 3.12 bits per heavy atom. The molecule has 4 heteroatoms. The van der Waals surface area contributed by atoms with E-state index in [4.69, 9.17) is 5.11 Å². The van der Waals surface area contributed by atoms with E-state index in [0.717, 1.165) is 11.1 Å². The third-order valence-corrected chi connectivity index (χ3v) is 2.34. The number of carbonyl (C=O) groups is 1. The van der Waals surface area contributed by atoms with Gasteiger partial charge in [0.15, 0.2) is 0 Å². The molecule has 1 amide bonds. The summed E-state index contributed by atoms with van der Waals surface area (Å²) in [6.45, 7) is 3.36. The first kappa shape index (κ1) is 10.4. The van der Waals surface area contributed by atoms with Crippen molar-refractivity contribution in [1.29, 1.82) is 0 Å². The van der Waals surface area contributed by atoms with Crippen molar-refractivity contribution >= 4 is 17.8 Å². The number of anilines is 1. The first-order chi connectivity index (χ1) is 7.65. The van der Waals surface area contributed by atoms with E-state index in [0.29, 0.717) is 18.7 Å². The van der Waals surface area contributed by atoms with Crippen LogP contribution >= 0.6 is 0 Å². The van der Waals surface area contributed by atoms with E-state index in [1.54, 1.807) is 12.3 Å². The van der Waals surface area contributed by atoms with Crippen molar-refractivity contribution < 1.29 is 9.90 Å². The van der Waals surface area contributed by atoms with Gasteiger partial charge in [-0.1, -0.05) is 6.58 Å². The summed E-state index contributed by atoms with van der Waals surface area (Å²) in [6.07, 6.45) is 6.07. The Bertz CT molecular complexity index is 478. The summed E-state index contributed by atoms with van der Waals surface area (Å²) in [5.74, 6) is 0.647. The van der Waals surface area contributed by atoms with Gasteiger partial charge in [-0.2, -0.15) is 0 Å². The van der Waals surface area contributed by atoms with Gasteiger partial charge in [0.25, 0.3) is 0 Å². The van der Waals surface area contributed by atoms with Crippen molar-refractivity contribution in [2.45, 2.75) is 12.8 Å². The lowest BCUT2D eigenvalue weighted by molar-refractivity contribution is -0.116. The number of aryl methyl sites for hydroxylation is 1. The van der Waals surface area contributed by atoms with Gasteiger partial charge < -0.3 is 10.4 Å². The zero-order chi connectivity index (χ0) is 11.5. The van der Waals surface area contributed by atoms with Gasteiger partial charge in [0, 0.05) is 12.6 Å². The second-order valence-electron chi connectivity index (χ2n) is 3.65. The highest BCUT2D eigenvalue weighted by molar-refractivity contribution is 5.92. The minimum atomic E-state index is 0.00558. The number of amides is 1. The largest absolute Gasteiger partial charge is 0.509 e. The smallest absolute Gasteiger partial charge is 0.225 e. The molecule has 16 heavy (non-hydrogen) atoms. The molecule has 0 atom stereocenters. The molecule has 2 N–H and O–H groups in total. The number of nitrogens with one attached hydrogen (secondary N) is 1. The third-order valence-electron chi connectivity index (χ3n) is 2.34. The number of hydrogen-bond acceptors (Lipinski definition) is 3. The van der Waals surface area contributed by atoms with Crippen LogP contribution in [0.5, 0.6) is 0 Å². The number of hydrogen-bond donors (Lipinski definition) is 2.